The van der Waals surface area contributed by atoms with Crippen LogP contribution >= 0.6 is 0 Å². The normalized spacial score (nSPS) is 10.2. The Morgan fingerprint density at radius 2 is 2.25 bits per heavy atom. The van der Waals surface area contributed by atoms with Gasteiger partial charge in [-0.15, -0.1) is 0 Å². The number of phenols is 1. The number of rotatable bonds is 4. The van der Waals surface area contributed by atoms with E-state index in [0.29, 0.717) is 6.54 Å². The van der Waals surface area contributed by atoms with E-state index in [2.05, 4.69) is 10.4 Å². The number of hydrogen-bond acceptors (Lipinski definition) is 5. The van der Waals surface area contributed by atoms with E-state index >= 15 is 0 Å². The molecule has 0 saturated carbocycles. The van der Waals surface area contributed by atoms with Crippen molar-refractivity contribution >= 4 is 17.3 Å². The molecule has 0 bridgehead atoms. The second kappa shape index (κ2) is 5.39. The molecule has 1 amide bonds. The molecule has 1 heterocycles. The minimum absolute atomic E-state index is 0.0322. The maximum atomic E-state index is 11.9. The van der Waals surface area contributed by atoms with Crippen LogP contribution in [0.15, 0.2) is 30.5 Å². The van der Waals surface area contributed by atoms with Crippen LogP contribution in [0.4, 0.5) is 11.4 Å². The standard InChI is InChI=1S/C12H12N4O4/c1-2-15-6-5-9(14-15)12(18)13-10-7-8(16(19)20)3-4-11(10)17/h3-7,17H,2H2,1H3,(H,13,18). The number of nitro groups is 1. The number of aryl methyl sites for hydroxylation is 1. The lowest BCUT2D eigenvalue weighted by Gasteiger charge is -2.05. The number of nitrogens with one attached hydrogen (secondary N) is 1. The number of carbonyl (C=O) groups excluding carboxylic acids is 1. The van der Waals surface area contributed by atoms with E-state index < -0.39 is 10.8 Å². The Morgan fingerprint density at radius 3 is 2.85 bits per heavy atom. The zero-order chi connectivity index (χ0) is 14.7. The van der Waals surface area contributed by atoms with Crippen molar-refractivity contribution in [3.63, 3.8) is 0 Å². The topological polar surface area (TPSA) is 110 Å². The Kier molecular flexibility index (Phi) is 3.65. The van der Waals surface area contributed by atoms with Crippen LogP contribution in [0.1, 0.15) is 17.4 Å². The number of nitrogens with zero attached hydrogens (tertiary/aromatic N) is 3. The Morgan fingerprint density at radius 1 is 1.50 bits per heavy atom. The van der Waals surface area contributed by atoms with Crippen molar-refractivity contribution in [2.75, 3.05) is 5.32 Å². The summed E-state index contributed by atoms with van der Waals surface area (Å²) >= 11 is 0. The molecule has 104 valence electrons. The van der Waals surface area contributed by atoms with Crippen molar-refractivity contribution in [3.8, 4) is 5.75 Å². The van der Waals surface area contributed by atoms with Gasteiger partial charge in [0.2, 0.25) is 0 Å². The van der Waals surface area contributed by atoms with Crippen molar-refractivity contribution < 1.29 is 14.8 Å². The number of non-ortho nitro benzene ring substituents is 1. The Labute approximate surface area is 113 Å². The number of amides is 1. The molecule has 0 aliphatic heterocycles. The number of aromatic hydroxyl groups is 1. The summed E-state index contributed by atoms with van der Waals surface area (Å²) in [5, 5.41) is 26.7. The minimum Gasteiger partial charge on any atom is -0.506 e. The van der Waals surface area contributed by atoms with Crippen LogP contribution in [0.25, 0.3) is 0 Å². The highest BCUT2D eigenvalue weighted by Gasteiger charge is 2.15. The third-order valence-electron chi connectivity index (χ3n) is 2.64. The number of carbonyl (C=O) groups is 1. The summed E-state index contributed by atoms with van der Waals surface area (Å²) in [6.07, 6.45) is 1.64. The fourth-order valence-corrected chi connectivity index (χ4v) is 1.58. The van der Waals surface area contributed by atoms with E-state index in [1.54, 1.807) is 10.9 Å². The predicted molar refractivity (Wildman–Crippen MR) is 70.6 cm³/mol. The number of anilines is 1. The maximum Gasteiger partial charge on any atom is 0.276 e. The third-order valence-corrected chi connectivity index (χ3v) is 2.64. The van der Waals surface area contributed by atoms with Crippen LogP contribution in [0.2, 0.25) is 0 Å². The molecule has 2 rings (SSSR count). The molecule has 0 saturated heterocycles. The van der Waals surface area contributed by atoms with E-state index in [9.17, 15) is 20.0 Å². The van der Waals surface area contributed by atoms with Crippen molar-refractivity contribution in [1.29, 1.82) is 0 Å². The quantitative estimate of drug-likeness (QED) is 0.502. The molecule has 2 N–H and O–H groups in total. The molecule has 8 heteroatoms. The van der Waals surface area contributed by atoms with Gasteiger partial charge in [-0.05, 0) is 19.1 Å². The highest BCUT2D eigenvalue weighted by Crippen LogP contribution is 2.28. The monoisotopic (exact) mass is 276 g/mol. The van der Waals surface area contributed by atoms with Gasteiger partial charge in [-0.1, -0.05) is 0 Å². The van der Waals surface area contributed by atoms with E-state index in [-0.39, 0.29) is 22.8 Å². The van der Waals surface area contributed by atoms with Crippen molar-refractivity contribution in [2.45, 2.75) is 13.5 Å². The first-order valence-corrected chi connectivity index (χ1v) is 5.83. The molecule has 0 fully saturated rings. The van der Waals surface area contributed by atoms with Gasteiger partial charge in [-0.25, -0.2) is 0 Å². The van der Waals surface area contributed by atoms with Crippen LogP contribution in [0.3, 0.4) is 0 Å². The van der Waals surface area contributed by atoms with E-state index in [1.165, 1.54) is 6.07 Å². The first kappa shape index (κ1) is 13.5. The summed E-state index contributed by atoms with van der Waals surface area (Å²) in [6.45, 7) is 2.50. The molecule has 0 aliphatic carbocycles. The Balaban J connectivity index is 2.22. The molecular weight excluding hydrogens is 264 g/mol. The predicted octanol–water partition coefficient (Wildman–Crippen LogP) is 1.77. The third kappa shape index (κ3) is 2.74. The summed E-state index contributed by atoms with van der Waals surface area (Å²) < 4.78 is 1.57. The van der Waals surface area contributed by atoms with Crippen molar-refractivity contribution in [1.82, 2.24) is 9.78 Å². The molecule has 0 aliphatic rings. The number of phenolic OH excluding ortho intramolecular Hbond substituents is 1. The lowest BCUT2D eigenvalue weighted by atomic mass is 10.2. The first-order chi connectivity index (χ1) is 9.51. The zero-order valence-corrected chi connectivity index (χ0v) is 10.6. The highest BCUT2D eigenvalue weighted by molar-refractivity contribution is 6.03. The summed E-state index contributed by atoms with van der Waals surface area (Å²) in [7, 11) is 0. The number of hydrogen-bond donors (Lipinski definition) is 2. The van der Waals surface area contributed by atoms with E-state index in [1.807, 2.05) is 6.92 Å². The summed E-state index contributed by atoms with van der Waals surface area (Å²) in [6, 6.07) is 4.91. The number of benzene rings is 1. The molecule has 1 aromatic heterocycles. The average molecular weight is 276 g/mol. The van der Waals surface area contributed by atoms with Gasteiger partial charge >= 0.3 is 0 Å². The van der Waals surface area contributed by atoms with Crippen LogP contribution in [-0.2, 0) is 6.54 Å². The zero-order valence-electron chi connectivity index (χ0n) is 10.6. The smallest absolute Gasteiger partial charge is 0.276 e. The van der Waals surface area contributed by atoms with Crippen LogP contribution in [-0.4, -0.2) is 25.7 Å². The molecule has 0 spiro atoms. The van der Waals surface area contributed by atoms with Gasteiger partial charge < -0.3 is 10.4 Å². The van der Waals surface area contributed by atoms with Crippen molar-refractivity contribution in [3.05, 3.63) is 46.3 Å². The van der Waals surface area contributed by atoms with Gasteiger partial charge in [-0.2, -0.15) is 5.10 Å². The molecular formula is C12H12N4O4. The van der Waals surface area contributed by atoms with Gasteiger partial charge in [0.25, 0.3) is 11.6 Å². The van der Waals surface area contributed by atoms with Gasteiger partial charge in [0.15, 0.2) is 5.69 Å². The van der Waals surface area contributed by atoms with E-state index in [0.717, 1.165) is 18.2 Å². The molecule has 20 heavy (non-hydrogen) atoms. The summed E-state index contributed by atoms with van der Waals surface area (Å²) in [4.78, 5) is 22.0. The van der Waals surface area contributed by atoms with Gasteiger partial charge in [0.05, 0.1) is 10.6 Å². The van der Waals surface area contributed by atoms with E-state index in [4.69, 9.17) is 0 Å². The largest absolute Gasteiger partial charge is 0.506 e. The maximum absolute atomic E-state index is 11.9. The molecule has 1 aromatic carbocycles. The SMILES string of the molecule is CCn1ccc(C(=O)Nc2cc([N+](=O)[O-])ccc2O)n1. The molecule has 2 aromatic rings. The van der Waals surface area contributed by atoms with Gasteiger partial charge in [-0.3, -0.25) is 19.6 Å². The molecule has 0 unspecified atom stereocenters. The lowest BCUT2D eigenvalue weighted by Crippen LogP contribution is -2.13. The highest BCUT2D eigenvalue weighted by atomic mass is 16.6. The van der Waals surface area contributed by atoms with Gasteiger partial charge in [0.1, 0.15) is 5.75 Å². The van der Waals surface area contributed by atoms with Crippen LogP contribution in [0, 0.1) is 10.1 Å². The van der Waals surface area contributed by atoms with Crippen LogP contribution < -0.4 is 5.32 Å². The second-order valence-corrected chi connectivity index (χ2v) is 3.97. The molecule has 8 nitrogen and oxygen atoms in total. The molecule has 0 atom stereocenters. The Hall–Kier alpha value is -2.90. The molecule has 0 radical (unpaired) electrons. The average Bonchev–Trinajstić information content (AvgIpc) is 2.89. The summed E-state index contributed by atoms with van der Waals surface area (Å²) in [5.74, 6) is -0.799. The minimum atomic E-state index is -0.610. The fraction of sp³-hybridized carbons (Fsp3) is 0.167. The van der Waals surface area contributed by atoms with Crippen molar-refractivity contribution in [2.24, 2.45) is 0 Å². The summed E-state index contributed by atoms with van der Waals surface area (Å²) in [5.41, 5.74) is -0.0924. The number of nitro benzene ring substituents is 1. The lowest BCUT2D eigenvalue weighted by molar-refractivity contribution is -0.384. The Bertz CT molecular complexity index is 665. The fourth-order valence-electron chi connectivity index (χ4n) is 1.58. The first-order valence-electron chi connectivity index (χ1n) is 5.83. The van der Waals surface area contributed by atoms with Crippen LogP contribution in [0.5, 0.6) is 5.75 Å². The van der Waals surface area contributed by atoms with Gasteiger partial charge in [0, 0.05) is 24.9 Å². The number of aromatic nitrogens is 2. The second-order valence-electron chi connectivity index (χ2n) is 3.97.